The molecule has 0 bridgehead atoms. The molecule has 0 amide bonds. The van der Waals surface area contributed by atoms with E-state index < -0.39 is 0 Å². The van der Waals surface area contributed by atoms with Gasteiger partial charge in [-0.1, -0.05) is 13.3 Å². The van der Waals surface area contributed by atoms with Gasteiger partial charge in [0.15, 0.2) is 0 Å². The standard InChI is InChI=1S/C10H18N2O/c1-2-3-6-13-8-10(7-11)12-9-4-5-9/h9-10,12H,2-6,8H2,1H3. The lowest BCUT2D eigenvalue weighted by molar-refractivity contribution is 0.120. The second-order valence-electron chi connectivity index (χ2n) is 3.55. The SMILES string of the molecule is CCCCOCC(C#N)NC1CC1. The van der Waals surface area contributed by atoms with Gasteiger partial charge in [-0.05, 0) is 19.3 Å². The van der Waals surface area contributed by atoms with Gasteiger partial charge in [-0.25, -0.2) is 0 Å². The van der Waals surface area contributed by atoms with Crippen molar-refractivity contribution in [3.63, 3.8) is 0 Å². The maximum Gasteiger partial charge on any atom is 0.119 e. The monoisotopic (exact) mass is 182 g/mol. The maximum atomic E-state index is 8.77. The van der Waals surface area contributed by atoms with Crippen LogP contribution in [-0.2, 0) is 4.74 Å². The van der Waals surface area contributed by atoms with Gasteiger partial charge in [-0.3, -0.25) is 5.32 Å². The minimum atomic E-state index is -0.107. The quantitative estimate of drug-likeness (QED) is 0.606. The number of ether oxygens (including phenoxy) is 1. The van der Waals surface area contributed by atoms with Crippen molar-refractivity contribution >= 4 is 0 Å². The van der Waals surface area contributed by atoms with Crippen LogP contribution >= 0.6 is 0 Å². The van der Waals surface area contributed by atoms with Gasteiger partial charge >= 0.3 is 0 Å². The Morgan fingerprint density at radius 1 is 1.62 bits per heavy atom. The van der Waals surface area contributed by atoms with Gasteiger partial charge in [0.2, 0.25) is 0 Å². The summed E-state index contributed by atoms with van der Waals surface area (Å²) in [5.41, 5.74) is 0. The predicted octanol–water partition coefficient (Wildman–Crippen LogP) is 1.45. The summed E-state index contributed by atoms with van der Waals surface area (Å²) in [5, 5.41) is 12.0. The molecule has 0 spiro atoms. The average Bonchev–Trinajstić information content (AvgIpc) is 2.94. The third-order valence-corrected chi connectivity index (χ3v) is 2.10. The molecule has 1 aliphatic rings. The van der Waals surface area contributed by atoms with Crippen molar-refractivity contribution < 1.29 is 4.74 Å². The van der Waals surface area contributed by atoms with Gasteiger partial charge in [0, 0.05) is 12.6 Å². The van der Waals surface area contributed by atoms with Crippen LogP contribution in [0.15, 0.2) is 0 Å². The molecule has 1 aliphatic carbocycles. The summed E-state index contributed by atoms with van der Waals surface area (Å²) in [4.78, 5) is 0. The fraction of sp³-hybridized carbons (Fsp3) is 0.900. The lowest BCUT2D eigenvalue weighted by atomic mass is 10.3. The Bertz CT molecular complexity index is 172. The smallest absolute Gasteiger partial charge is 0.119 e. The lowest BCUT2D eigenvalue weighted by Gasteiger charge is -2.10. The number of hydrogen-bond donors (Lipinski definition) is 1. The van der Waals surface area contributed by atoms with Gasteiger partial charge in [-0.15, -0.1) is 0 Å². The molecule has 1 unspecified atom stereocenters. The summed E-state index contributed by atoms with van der Waals surface area (Å²) < 4.78 is 5.37. The molecule has 3 heteroatoms. The Morgan fingerprint density at radius 2 is 2.38 bits per heavy atom. The molecular formula is C10H18N2O. The first kappa shape index (κ1) is 10.5. The van der Waals surface area contributed by atoms with Crippen LogP contribution in [0.4, 0.5) is 0 Å². The van der Waals surface area contributed by atoms with Crippen molar-refractivity contribution in [3.05, 3.63) is 0 Å². The molecule has 13 heavy (non-hydrogen) atoms. The van der Waals surface area contributed by atoms with E-state index in [2.05, 4.69) is 18.3 Å². The largest absolute Gasteiger partial charge is 0.379 e. The molecule has 0 saturated heterocycles. The highest BCUT2D eigenvalue weighted by Crippen LogP contribution is 2.19. The number of unbranched alkanes of at least 4 members (excludes halogenated alkanes) is 1. The highest BCUT2D eigenvalue weighted by molar-refractivity contribution is 4.95. The molecule has 0 aromatic rings. The van der Waals surface area contributed by atoms with E-state index in [4.69, 9.17) is 10.00 Å². The van der Waals surface area contributed by atoms with E-state index in [1.165, 1.54) is 12.8 Å². The zero-order valence-electron chi connectivity index (χ0n) is 8.25. The summed E-state index contributed by atoms with van der Waals surface area (Å²) in [6, 6.07) is 2.69. The van der Waals surface area contributed by atoms with Crippen molar-refractivity contribution in [2.24, 2.45) is 0 Å². The van der Waals surface area contributed by atoms with Crippen molar-refractivity contribution in [1.82, 2.24) is 5.32 Å². The molecule has 74 valence electrons. The topological polar surface area (TPSA) is 45.0 Å². The van der Waals surface area contributed by atoms with E-state index in [9.17, 15) is 0 Å². The van der Waals surface area contributed by atoms with Crippen LogP contribution in [0.3, 0.4) is 0 Å². The minimum Gasteiger partial charge on any atom is -0.379 e. The number of rotatable bonds is 7. The summed E-state index contributed by atoms with van der Waals surface area (Å²) in [6.07, 6.45) is 4.66. The van der Waals surface area contributed by atoms with Crippen LogP contribution in [0, 0.1) is 11.3 Å². The first-order chi connectivity index (χ1) is 6.36. The van der Waals surface area contributed by atoms with Crippen molar-refractivity contribution in [2.45, 2.75) is 44.7 Å². The number of nitriles is 1. The third kappa shape index (κ3) is 4.87. The molecule has 1 rings (SSSR count). The molecule has 0 aliphatic heterocycles. The number of hydrogen-bond acceptors (Lipinski definition) is 3. The fourth-order valence-electron chi connectivity index (χ4n) is 1.10. The summed E-state index contributed by atoms with van der Waals surface area (Å²) >= 11 is 0. The highest BCUT2D eigenvalue weighted by Gasteiger charge is 2.24. The van der Waals surface area contributed by atoms with E-state index in [-0.39, 0.29) is 6.04 Å². The van der Waals surface area contributed by atoms with Gasteiger partial charge in [0.1, 0.15) is 6.04 Å². The Hall–Kier alpha value is -0.590. The third-order valence-electron chi connectivity index (χ3n) is 2.10. The van der Waals surface area contributed by atoms with Crippen LogP contribution in [0.5, 0.6) is 0 Å². The van der Waals surface area contributed by atoms with Crippen LogP contribution in [-0.4, -0.2) is 25.3 Å². The maximum absolute atomic E-state index is 8.77. The predicted molar refractivity (Wildman–Crippen MR) is 51.3 cm³/mol. The second kappa shape index (κ2) is 5.95. The summed E-state index contributed by atoms with van der Waals surface area (Å²) in [5.74, 6) is 0. The van der Waals surface area contributed by atoms with Gasteiger partial charge < -0.3 is 4.74 Å². The van der Waals surface area contributed by atoms with Gasteiger partial charge in [-0.2, -0.15) is 5.26 Å². The first-order valence-corrected chi connectivity index (χ1v) is 5.10. The van der Waals surface area contributed by atoms with Crippen LogP contribution < -0.4 is 5.32 Å². The molecule has 0 aromatic carbocycles. The Morgan fingerprint density at radius 3 is 2.92 bits per heavy atom. The summed E-state index contributed by atoms with van der Waals surface area (Å²) in [6.45, 7) is 3.45. The average molecular weight is 182 g/mol. The second-order valence-corrected chi connectivity index (χ2v) is 3.55. The number of nitrogens with one attached hydrogen (secondary N) is 1. The highest BCUT2D eigenvalue weighted by atomic mass is 16.5. The molecule has 0 aromatic heterocycles. The van der Waals surface area contributed by atoms with Crippen molar-refractivity contribution in [1.29, 1.82) is 5.26 Å². The molecule has 0 heterocycles. The molecular weight excluding hydrogens is 164 g/mol. The Labute approximate surface area is 80.1 Å². The van der Waals surface area contributed by atoms with Gasteiger partial charge in [0.05, 0.1) is 12.7 Å². The molecule has 1 N–H and O–H groups in total. The Balaban J connectivity index is 1.99. The first-order valence-electron chi connectivity index (χ1n) is 5.10. The molecule has 1 atom stereocenters. The molecule has 3 nitrogen and oxygen atoms in total. The molecule has 1 fully saturated rings. The molecule has 0 radical (unpaired) electrons. The van der Waals surface area contributed by atoms with Gasteiger partial charge in [0.25, 0.3) is 0 Å². The van der Waals surface area contributed by atoms with E-state index in [0.29, 0.717) is 12.6 Å². The van der Waals surface area contributed by atoms with Crippen LogP contribution in [0.2, 0.25) is 0 Å². The zero-order valence-corrected chi connectivity index (χ0v) is 8.25. The number of nitrogens with zero attached hydrogens (tertiary/aromatic N) is 1. The van der Waals surface area contributed by atoms with E-state index in [1.54, 1.807) is 0 Å². The fourth-order valence-corrected chi connectivity index (χ4v) is 1.10. The van der Waals surface area contributed by atoms with E-state index >= 15 is 0 Å². The van der Waals surface area contributed by atoms with E-state index in [1.807, 2.05) is 0 Å². The van der Waals surface area contributed by atoms with Crippen LogP contribution in [0.1, 0.15) is 32.6 Å². The van der Waals surface area contributed by atoms with Crippen molar-refractivity contribution in [3.8, 4) is 6.07 Å². The van der Waals surface area contributed by atoms with E-state index in [0.717, 1.165) is 19.4 Å². The van der Waals surface area contributed by atoms with Crippen molar-refractivity contribution in [2.75, 3.05) is 13.2 Å². The van der Waals surface area contributed by atoms with Crippen LogP contribution in [0.25, 0.3) is 0 Å². The zero-order chi connectivity index (χ0) is 9.52. The minimum absolute atomic E-state index is 0.107. The Kier molecular flexibility index (Phi) is 4.81. The summed E-state index contributed by atoms with van der Waals surface area (Å²) in [7, 11) is 0. The molecule has 1 saturated carbocycles. The lowest BCUT2D eigenvalue weighted by Crippen LogP contribution is -2.33. The normalized spacial score (nSPS) is 18.2.